The van der Waals surface area contributed by atoms with Gasteiger partial charge in [0.05, 0.1) is 12.5 Å². The highest BCUT2D eigenvalue weighted by Gasteiger charge is 2.27. The number of nitrogens with zero attached hydrogens (tertiary/aromatic N) is 3. The molecule has 1 aliphatic heterocycles. The zero-order valence-corrected chi connectivity index (χ0v) is 16.9. The first kappa shape index (κ1) is 19.3. The van der Waals surface area contributed by atoms with E-state index in [2.05, 4.69) is 20.4 Å². The number of hydrogen-bond donors (Lipinski definition) is 1. The van der Waals surface area contributed by atoms with Crippen LogP contribution in [0.15, 0.2) is 53.1 Å². The molecule has 4 rings (SSSR count). The highest BCUT2D eigenvalue weighted by Crippen LogP contribution is 2.22. The lowest BCUT2D eigenvalue weighted by Gasteiger charge is -2.31. The lowest BCUT2D eigenvalue weighted by molar-refractivity contribution is -0.121. The molecule has 1 saturated heterocycles. The molecule has 0 bridgehead atoms. The maximum absolute atomic E-state index is 12.7. The van der Waals surface area contributed by atoms with E-state index in [4.69, 9.17) is 4.52 Å². The fourth-order valence-electron chi connectivity index (χ4n) is 3.69. The van der Waals surface area contributed by atoms with Crippen molar-refractivity contribution in [3.8, 4) is 11.5 Å². The average molecular weight is 390 g/mol. The molecule has 0 saturated carbocycles. The van der Waals surface area contributed by atoms with Gasteiger partial charge in [0, 0.05) is 17.8 Å². The largest absolute Gasteiger partial charge is 0.334 e. The first-order valence-electron chi connectivity index (χ1n) is 10.1. The summed E-state index contributed by atoms with van der Waals surface area (Å²) in [6.07, 6.45) is 1.88. The van der Waals surface area contributed by atoms with Crippen molar-refractivity contribution < 1.29 is 9.32 Å². The summed E-state index contributed by atoms with van der Waals surface area (Å²) in [5.74, 6) is 1.23. The molecule has 1 fully saturated rings. The fourth-order valence-corrected chi connectivity index (χ4v) is 3.69. The molecule has 1 aromatic heterocycles. The third-order valence-electron chi connectivity index (χ3n) is 5.41. The number of amides is 1. The van der Waals surface area contributed by atoms with Crippen molar-refractivity contribution >= 4 is 11.6 Å². The standard InChI is InChI=1S/C23H26N4O2/c1-16-9-11-18(12-10-16)23-25-21(26-29-23)15-27-13-5-7-19(14-27)22(28)24-20-8-4-3-6-17(20)2/h3-4,6,8-12,19H,5,7,13-15H2,1-2H3,(H,24,28)/t19-/m0/s1. The lowest BCUT2D eigenvalue weighted by atomic mass is 9.97. The number of benzene rings is 2. The van der Waals surface area contributed by atoms with E-state index >= 15 is 0 Å². The van der Waals surface area contributed by atoms with Crippen molar-refractivity contribution in [2.24, 2.45) is 5.92 Å². The Morgan fingerprint density at radius 2 is 1.97 bits per heavy atom. The van der Waals surface area contributed by atoms with Gasteiger partial charge in [-0.2, -0.15) is 4.98 Å². The first-order chi connectivity index (χ1) is 14.1. The molecule has 6 nitrogen and oxygen atoms in total. The molecule has 1 atom stereocenters. The molecule has 2 aromatic carbocycles. The summed E-state index contributed by atoms with van der Waals surface area (Å²) in [5, 5.41) is 7.21. The molecule has 2 heterocycles. The smallest absolute Gasteiger partial charge is 0.257 e. The Labute approximate surface area is 170 Å². The Morgan fingerprint density at radius 1 is 1.17 bits per heavy atom. The molecule has 0 spiro atoms. The molecular weight excluding hydrogens is 364 g/mol. The number of aryl methyl sites for hydroxylation is 2. The van der Waals surface area contributed by atoms with E-state index in [-0.39, 0.29) is 11.8 Å². The summed E-state index contributed by atoms with van der Waals surface area (Å²) in [7, 11) is 0. The van der Waals surface area contributed by atoms with Gasteiger partial charge in [0.15, 0.2) is 5.82 Å². The predicted octanol–water partition coefficient (Wildman–Crippen LogP) is 4.20. The fraction of sp³-hybridized carbons (Fsp3) is 0.348. The van der Waals surface area contributed by atoms with E-state index in [1.54, 1.807) is 0 Å². The number of rotatable bonds is 5. The van der Waals surface area contributed by atoms with Gasteiger partial charge in [0.1, 0.15) is 0 Å². The minimum Gasteiger partial charge on any atom is -0.334 e. The van der Waals surface area contributed by atoms with Gasteiger partial charge in [-0.05, 0) is 57.0 Å². The number of aromatic nitrogens is 2. The van der Waals surface area contributed by atoms with Crippen LogP contribution in [0.5, 0.6) is 0 Å². The number of hydrogen-bond acceptors (Lipinski definition) is 5. The molecule has 0 radical (unpaired) electrons. The predicted molar refractivity (Wildman–Crippen MR) is 112 cm³/mol. The van der Waals surface area contributed by atoms with Crippen LogP contribution in [0, 0.1) is 19.8 Å². The van der Waals surface area contributed by atoms with Gasteiger partial charge < -0.3 is 9.84 Å². The number of piperidine rings is 1. The molecule has 1 aliphatic rings. The van der Waals surface area contributed by atoms with E-state index < -0.39 is 0 Å². The van der Waals surface area contributed by atoms with E-state index in [0.29, 0.717) is 24.8 Å². The molecular formula is C23H26N4O2. The summed E-state index contributed by atoms with van der Waals surface area (Å²) < 4.78 is 5.43. The Morgan fingerprint density at radius 3 is 2.76 bits per heavy atom. The second kappa shape index (κ2) is 8.57. The first-order valence-corrected chi connectivity index (χ1v) is 10.1. The van der Waals surface area contributed by atoms with Crippen LogP contribution in [0.4, 0.5) is 5.69 Å². The van der Waals surface area contributed by atoms with Gasteiger partial charge in [-0.25, -0.2) is 0 Å². The third-order valence-corrected chi connectivity index (χ3v) is 5.41. The normalized spacial score (nSPS) is 17.2. The Balaban J connectivity index is 1.37. The SMILES string of the molecule is Cc1ccc(-c2nc(CN3CCC[C@H](C(=O)Nc4ccccc4C)C3)no2)cc1. The molecule has 0 aliphatic carbocycles. The summed E-state index contributed by atoms with van der Waals surface area (Å²) in [5.41, 5.74) is 4.07. The van der Waals surface area contributed by atoms with Crippen LogP contribution in [0.2, 0.25) is 0 Å². The van der Waals surface area contributed by atoms with Gasteiger partial charge in [-0.15, -0.1) is 0 Å². The van der Waals surface area contributed by atoms with E-state index in [9.17, 15) is 4.79 Å². The lowest BCUT2D eigenvalue weighted by Crippen LogP contribution is -2.40. The molecule has 3 aromatic rings. The average Bonchev–Trinajstić information content (AvgIpc) is 3.19. The summed E-state index contributed by atoms with van der Waals surface area (Å²) >= 11 is 0. The van der Waals surface area contributed by atoms with Crippen LogP contribution < -0.4 is 5.32 Å². The summed E-state index contributed by atoms with van der Waals surface area (Å²) in [6, 6.07) is 15.9. The molecule has 6 heteroatoms. The monoisotopic (exact) mass is 390 g/mol. The maximum atomic E-state index is 12.7. The minimum absolute atomic E-state index is 0.0353. The highest BCUT2D eigenvalue weighted by molar-refractivity contribution is 5.93. The van der Waals surface area contributed by atoms with E-state index in [1.165, 1.54) is 5.56 Å². The number of carbonyl (C=O) groups excluding carboxylic acids is 1. The highest BCUT2D eigenvalue weighted by atomic mass is 16.5. The van der Waals surface area contributed by atoms with Gasteiger partial charge in [0.25, 0.3) is 5.89 Å². The molecule has 29 heavy (non-hydrogen) atoms. The van der Waals surface area contributed by atoms with Crippen molar-refractivity contribution in [1.29, 1.82) is 0 Å². The van der Waals surface area contributed by atoms with Crippen LogP contribution in [0.25, 0.3) is 11.5 Å². The van der Waals surface area contributed by atoms with Gasteiger partial charge in [0.2, 0.25) is 5.91 Å². The molecule has 150 valence electrons. The number of likely N-dealkylation sites (tertiary alicyclic amines) is 1. The van der Waals surface area contributed by atoms with Gasteiger partial charge >= 0.3 is 0 Å². The second-order valence-electron chi connectivity index (χ2n) is 7.76. The second-order valence-corrected chi connectivity index (χ2v) is 7.76. The number of carbonyl (C=O) groups is 1. The maximum Gasteiger partial charge on any atom is 0.257 e. The van der Waals surface area contributed by atoms with Crippen molar-refractivity contribution in [3.05, 3.63) is 65.5 Å². The summed E-state index contributed by atoms with van der Waals surface area (Å²) in [6.45, 7) is 6.27. The zero-order chi connectivity index (χ0) is 20.2. The zero-order valence-electron chi connectivity index (χ0n) is 16.9. The van der Waals surface area contributed by atoms with Crippen LogP contribution >= 0.6 is 0 Å². The van der Waals surface area contributed by atoms with Crippen molar-refractivity contribution in [1.82, 2.24) is 15.0 Å². The Bertz CT molecular complexity index is 981. The number of anilines is 1. The summed E-state index contributed by atoms with van der Waals surface area (Å²) in [4.78, 5) is 19.5. The quantitative estimate of drug-likeness (QED) is 0.707. The van der Waals surface area contributed by atoms with E-state index in [0.717, 1.165) is 36.2 Å². The Hall–Kier alpha value is -2.99. The minimum atomic E-state index is -0.0353. The van der Waals surface area contributed by atoms with Crippen LogP contribution in [0.3, 0.4) is 0 Å². The van der Waals surface area contributed by atoms with Gasteiger partial charge in [-0.1, -0.05) is 41.1 Å². The third kappa shape index (κ3) is 4.71. The van der Waals surface area contributed by atoms with Crippen molar-refractivity contribution in [3.63, 3.8) is 0 Å². The van der Waals surface area contributed by atoms with Gasteiger partial charge in [-0.3, -0.25) is 9.69 Å². The van der Waals surface area contributed by atoms with Crippen molar-refractivity contribution in [2.75, 3.05) is 18.4 Å². The molecule has 1 N–H and O–H groups in total. The molecule has 1 amide bonds. The molecule has 0 unspecified atom stereocenters. The number of nitrogens with one attached hydrogen (secondary N) is 1. The van der Waals surface area contributed by atoms with Crippen LogP contribution in [-0.2, 0) is 11.3 Å². The number of para-hydroxylation sites is 1. The van der Waals surface area contributed by atoms with E-state index in [1.807, 2.05) is 62.4 Å². The van der Waals surface area contributed by atoms with Crippen LogP contribution in [0.1, 0.15) is 29.8 Å². The Kier molecular flexibility index (Phi) is 5.71. The van der Waals surface area contributed by atoms with Crippen LogP contribution in [-0.4, -0.2) is 34.0 Å². The topological polar surface area (TPSA) is 71.3 Å². The van der Waals surface area contributed by atoms with Crippen molar-refractivity contribution in [2.45, 2.75) is 33.2 Å².